The van der Waals surface area contributed by atoms with Gasteiger partial charge in [0.25, 0.3) is 17.7 Å². The van der Waals surface area contributed by atoms with Crippen LogP contribution in [0, 0.1) is 12.7 Å². The van der Waals surface area contributed by atoms with Gasteiger partial charge >= 0.3 is 0 Å². The second kappa shape index (κ2) is 9.64. The van der Waals surface area contributed by atoms with E-state index in [4.69, 9.17) is 15.9 Å². The number of rotatable bonds is 8. The maximum Gasteiger partial charge on any atom is 0.273 e. The first kappa shape index (κ1) is 24.9. The number of amides is 3. The molecule has 1 aromatic carbocycles. The lowest BCUT2D eigenvalue weighted by molar-refractivity contribution is -0.124. The topological polar surface area (TPSA) is 145 Å². The van der Waals surface area contributed by atoms with Gasteiger partial charge in [-0.15, -0.1) is 0 Å². The summed E-state index contributed by atoms with van der Waals surface area (Å²) in [5.41, 5.74) is 10.5. The van der Waals surface area contributed by atoms with Crippen molar-refractivity contribution in [3.8, 4) is 0 Å². The average Bonchev–Trinajstić information content (AvgIpc) is 3.37. The van der Waals surface area contributed by atoms with Gasteiger partial charge in [0.1, 0.15) is 22.2 Å². The number of furan rings is 1. The molecule has 34 heavy (non-hydrogen) atoms. The zero-order chi connectivity index (χ0) is 25.2. The number of carbonyl (C=O) groups is 3. The molecule has 0 spiro atoms. The van der Waals surface area contributed by atoms with Gasteiger partial charge in [0.05, 0.1) is 5.69 Å². The Balaban J connectivity index is 2.20. The van der Waals surface area contributed by atoms with Crippen LogP contribution in [0.2, 0.25) is 0 Å². The second-order valence-electron chi connectivity index (χ2n) is 8.37. The van der Waals surface area contributed by atoms with Crippen molar-refractivity contribution in [3.63, 3.8) is 0 Å². The van der Waals surface area contributed by atoms with Crippen LogP contribution in [0.1, 0.15) is 64.9 Å². The first-order valence-electron chi connectivity index (χ1n) is 10.5. The lowest BCUT2D eigenvalue weighted by atomic mass is 10.0. The minimum Gasteiger partial charge on any atom is -0.464 e. The SMILES string of the molecule is CCC(C)(C)NC(=O)C(c1ccc(C)o1)N(C(=O)c1snc(C(N)=O)c1N)c1ccc(F)cc1. The standard InChI is InChI=1S/C23H26FN5O4S/c1-5-23(3,4)27-21(31)18(15-11-6-12(2)33-15)29(14-9-7-13(24)8-10-14)22(32)19-16(25)17(20(26)30)28-34-19/h6-11,18H,5,25H2,1-4H3,(H2,26,30)(H,27,31). The first-order valence-corrected chi connectivity index (χ1v) is 11.2. The number of anilines is 2. The van der Waals surface area contributed by atoms with E-state index in [0.717, 1.165) is 4.90 Å². The van der Waals surface area contributed by atoms with Crippen LogP contribution in [-0.2, 0) is 4.79 Å². The van der Waals surface area contributed by atoms with Crippen molar-refractivity contribution in [1.29, 1.82) is 0 Å². The highest BCUT2D eigenvalue weighted by atomic mass is 32.1. The fraction of sp³-hybridized carbons (Fsp3) is 0.304. The molecule has 5 N–H and O–H groups in total. The Morgan fingerprint density at radius 3 is 2.35 bits per heavy atom. The van der Waals surface area contributed by atoms with Crippen molar-refractivity contribution < 1.29 is 23.2 Å². The van der Waals surface area contributed by atoms with Crippen molar-refractivity contribution in [2.45, 2.75) is 45.7 Å². The molecule has 2 heterocycles. The third-order valence-corrected chi connectivity index (χ3v) is 6.21. The van der Waals surface area contributed by atoms with Crippen LogP contribution in [0.5, 0.6) is 0 Å². The fourth-order valence-electron chi connectivity index (χ4n) is 3.19. The number of benzene rings is 1. The van der Waals surface area contributed by atoms with Crippen LogP contribution in [0.3, 0.4) is 0 Å². The molecule has 0 fully saturated rings. The molecule has 9 nitrogen and oxygen atoms in total. The summed E-state index contributed by atoms with van der Waals surface area (Å²) in [6.45, 7) is 7.32. The molecular formula is C23H26FN5O4S. The molecule has 0 aliphatic heterocycles. The molecular weight excluding hydrogens is 461 g/mol. The quantitative estimate of drug-likeness (QED) is 0.443. The minimum atomic E-state index is -1.27. The lowest BCUT2D eigenvalue weighted by Crippen LogP contribution is -2.50. The summed E-state index contributed by atoms with van der Waals surface area (Å²) >= 11 is 0.682. The first-order chi connectivity index (χ1) is 15.9. The van der Waals surface area contributed by atoms with Gasteiger partial charge in [-0.05, 0) is 75.1 Å². The molecule has 180 valence electrons. The van der Waals surface area contributed by atoms with E-state index in [1.54, 1.807) is 19.1 Å². The van der Waals surface area contributed by atoms with E-state index in [2.05, 4.69) is 9.69 Å². The molecule has 0 saturated heterocycles. The Morgan fingerprint density at radius 1 is 1.21 bits per heavy atom. The molecule has 2 aromatic heterocycles. The van der Waals surface area contributed by atoms with Crippen LogP contribution in [-0.4, -0.2) is 27.6 Å². The fourth-order valence-corrected chi connectivity index (χ4v) is 3.93. The lowest BCUT2D eigenvalue weighted by Gasteiger charge is -2.33. The monoisotopic (exact) mass is 487 g/mol. The van der Waals surface area contributed by atoms with Gasteiger partial charge in [0.15, 0.2) is 11.7 Å². The normalized spacial score (nSPS) is 12.3. The van der Waals surface area contributed by atoms with E-state index < -0.39 is 35.1 Å². The van der Waals surface area contributed by atoms with Crippen LogP contribution >= 0.6 is 11.5 Å². The molecule has 1 atom stereocenters. The Hall–Kier alpha value is -3.73. The number of nitrogens with two attached hydrogens (primary N) is 2. The van der Waals surface area contributed by atoms with Crippen molar-refractivity contribution in [2.24, 2.45) is 5.73 Å². The maximum atomic E-state index is 13.8. The van der Waals surface area contributed by atoms with Crippen LogP contribution < -0.4 is 21.7 Å². The third kappa shape index (κ3) is 5.09. The van der Waals surface area contributed by atoms with Gasteiger partial charge < -0.3 is 21.2 Å². The summed E-state index contributed by atoms with van der Waals surface area (Å²) in [5.74, 6) is -1.93. The number of halogens is 1. The van der Waals surface area contributed by atoms with E-state index in [1.807, 2.05) is 20.8 Å². The zero-order valence-corrected chi connectivity index (χ0v) is 20.0. The molecule has 0 saturated carbocycles. The Bertz CT molecular complexity index is 1220. The average molecular weight is 488 g/mol. The van der Waals surface area contributed by atoms with Crippen molar-refractivity contribution in [3.05, 3.63) is 64.3 Å². The smallest absolute Gasteiger partial charge is 0.273 e. The number of nitrogens with zero attached hydrogens (tertiary/aromatic N) is 2. The third-order valence-electron chi connectivity index (χ3n) is 5.36. The van der Waals surface area contributed by atoms with Gasteiger partial charge in [0, 0.05) is 11.2 Å². The van der Waals surface area contributed by atoms with Gasteiger partial charge in [-0.25, -0.2) is 4.39 Å². The highest BCUT2D eigenvalue weighted by Crippen LogP contribution is 2.34. The van der Waals surface area contributed by atoms with Crippen molar-refractivity contribution in [1.82, 2.24) is 9.69 Å². The molecule has 3 amide bonds. The van der Waals surface area contributed by atoms with Gasteiger partial charge in [0.2, 0.25) is 0 Å². The number of primary amides is 1. The number of aryl methyl sites for hydroxylation is 1. The van der Waals surface area contributed by atoms with E-state index in [1.165, 1.54) is 24.3 Å². The highest BCUT2D eigenvalue weighted by molar-refractivity contribution is 7.09. The Labute approximate surface area is 200 Å². The number of carbonyl (C=O) groups excluding carboxylic acids is 3. The molecule has 3 aromatic rings. The Morgan fingerprint density at radius 2 is 1.85 bits per heavy atom. The number of nitrogens with one attached hydrogen (secondary N) is 1. The predicted octanol–water partition coefficient (Wildman–Crippen LogP) is 3.56. The van der Waals surface area contributed by atoms with Gasteiger partial charge in [-0.3, -0.25) is 19.3 Å². The molecule has 11 heteroatoms. The summed E-state index contributed by atoms with van der Waals surface area (Å²) in [7, 11) is 0. The number of hydrogen-bond acceptors (Lipinski definition) is 7. The van der Waals surface area contributed by atoms with E-state index in [0.29, 0.717) is 23.7 Å². The summed E-state index contributed by atoms with van der Waals surface area (Å²) in [6.07, 6.45) is 0.622. The summed E-state index contributed by atoms with van der Waals surface area (Å²) in [6, 6.07) is 7.04. The molecule has 0 aliphatic rings. The molecule has 0 radical (unpaired) electrons. The highest BCUT2D eigenvalue weighted by Gasteiger charge is 2.39. The number of hydrogen-bond donors (Lipinski definition) is 3. The molecule has 1 unspecified atom stereocenters. The van der Waals surface area contributed by atoms with E-state index in [9.17, 15) is 18.8 Å². The molecule has 3 rings (SSSR count). The Kier molecular flexibility index (Phi) is 7.06. The number of aromatic nitrogens is 1. The largest absolute Gasteiger partial charge is 0.464 e. The summed E-state index contributed by atoms with van der Waals surface area (Å²) in [4.78, 5) is 40.1. The zero-order valence-electron chi connectivity index (χ0n) is 19.2. The van der Waals surface area contributed by atoms with E-state index >= 15 is 0 Å². The van der Waals surface area contributed by atoms with Crippen LogP contribution in [0.15, 0.2) is 40.8 Å². The van der Waals surface area contributed by atoms with Crippen LogP contribution in [0.25, 0.3) is 0 Å². The van der Waals surface area contributed by atoms with Crippen molar-refractivity contribution >= 4 is 40.6 Å². The maximum absolute atomic E-state index is 13.8. The molecule has 0 aliphatic carbocycles. The van der Waals surface area contributed by atoms with Gasteiger partial charge in [-0.2, -0.15) is 4.37 Å². The number of nitrogen functional groups attached to an aromatic ring is 1. The summed E-state index contributed by atoms with van der Waals surface area (Å²) < 4.78 is 23.3. The van der Waals surface area contributed by atoms with Gasteiger partial charge in [-0.1, -0.05) is 6.92 Å². The van der Waals surface area contributed by atoms with Crippen molar-refractivity contribution in [2.75, 3.05) is 10.6 Å². The molecule has 0 bridgehead atoms. The predicted molar refractivity (Wildman–Crippen MR) is 127 cm³/mol. The summed E-state index contributed by atoms with van der Waals surface area (Å²) in [5, 5.41) is 2.94. The van der Waals surface area contributed by atoms with E-state index in [-0.39, 0.29) is 27.7 Å². The minimum absolute atomic E-state index is 0.0889. The van der Waals surface area contributed by atoms with Crippen LogP contribution in [0.4, 0.5) is 15.8 Å². The second-order valence-corrected chi connectivity index (χ2v) is 9.14.